The fraction of sp³-hybridized carbons (Fsp3) is 0.550. The van der Waals surface area contributed by atoms with Crippen LogP contribution in [0.1, 0.15) is 38.2 Å². The highest BCUT2D eigenvalue weighted by Crippen LogP contribution is 2.35. The molecule has 1 aromatic carbocycles. The molecule has 1 saturated heterocycles. The number of nitrogens with one attached hydrogen (secondary N) is 2. The van der Waals surface area contributed by atoms with Gasteiger partial charge in [-0.1, -0.05) is 18.9 Å². The van der Waals surface area contributed by atoms with Crippen molar-refractivity contribution in [3.05, 3.63) is 23.8 Å². The monoisotopic (exact) mass is 425 g/mol. The molecule has 4 amide bonds. The van der Waals surface area contributed by atoms with Crippen molar-refractivity contribution in [2.75, 3.05) is 13.7 Å². The van der Waals surface area contributed by atoms with Crippen LogP contribution in [0.5, 0.6) is 11.5 Å². The molecule has 2 N–H and O–H groups in total. The number of imide groups is 1. The van der Waals surface area contributed by atoms with Gasteiger partial charge in [0.25, 0.3) is 5.91 Å². The molecule has 1 heterocycles. The molecule has 1 saturated carbocycles. The van der Waals surface area contributed by atoms with E-state index in [0.29, 0.717) is 24.8 Å². The van der Waals surface area contributed by atoms with E-state index in [1.807, 2.05) is 0 Å². The molecule has 1 atom stereocenters. The van der Waals surface area contributed by atoms with E-state index < -0.39 is 30.1 Å². The summed E-state index contributed by atoms with van der Waals surface area (Å²) in [5, 5.41) is 5.43. The molecule has 30 heavy (non-hydrogen) atoms. The van der Waals surface area contributed by atoms with E-state index in [9.17, 15) is 23.2 Å². The van der Waals surface area contributed by atoms with E-state index in [4.69, 9.17) is 4.74 Å². The zero-order valence-electron chi connectivity index (χ0n) is 16.9. The smallest absolute Gasteiger partial charge is 0.387 e. The van der Waals surface area contributed by atoms with Gasteiger partial charge in [0.15, 0.2) is 11.5 Å². The van der Waals surface area contributed by atoms with Gasteiger partial charge >= 0.3 is 12.6 Å². The number of amides is 4. The van der Waals surface area contributed by atoms with Crippen LogP contribution in [0.2, 0.25) is 0 Å². The fourth-order valence-electron chi connectivity index (χ4n) is 3.97. The summed E-state index contributed by atoms with van der Waals surface area (Å²) in [7, 11) is 1.35. The van der Waals surface area contributed by atoms with Gasteiger partial charge in [-0.05, 0) is 43.9 Å². The van der Waals surface area contributed by atoms with Crippen LogP contribution in [0.15, 0.2) is 18.2 Å². The molecule has 2 aliphatic rings. The average Bonchev–Trinajstić information content (AvgIpc) is 3.26. The lowest BCUT2D eigenvalue weighted by atomic mass is 9.97. The Hall–Kier alpha value is -2.91. The number of carbonyl (C=O) groups excluding carboxylic acids is 3. The highest BCUT2D eigenvalue weighted by atomic mass is 19.3. The predicted molar refractivity (Wildman–Crippen MR) is 102 cm³/mol. The molecule has 1 aromatic rings. The van der Waals surface area contributed by atoms with Crippen molar-refractivity contribution < 1.29 is 32.6 Å². The standard InChI is InChI=1S/C20H25F2N3O5/c1-12(25-17(27)20(24-19(25)28)8-3-4-9-20)16(26)23-10-7-13-5-6-14(29-2)15(11-13)30-18(21)22/h5-6,11-12,18H,3-4,7-10H2,1-2H3,(H,23,26)(H,24,28). The van der Waals surface area contributed by atoms with Crippen LogP contribution >= 0.6 is 0 Å². The van der Waals surface area contributed by atoms with Gasteiger partial charge in [0.2, 0.25) is 5.91 Å². The second kappa shape index (κ2) is 8.85. The number of benzene rings is 1. The van der Waals surface area contributed by atoms with Crippen LogP contribution in [-0.2, 0) is 16.0 Å². The van der Waals surface area contributed by atoms with Crippen LogP contribution in [0, 0.1) is 0 Å². The molecule has 2 fully saturated rings. The first-order valence-corrected chi connectivity index (χ1v) is 9.82. The SMILES string of the molecule is COc1ccc(CCNC(=O)C(C)N2C(=O)NC3(CCCC3)C2=O)cc1OC(F)F. The minimum atomic E-state index is -2.98. The molecule has 1 aliphatic carbocycles. The predicted octanol–water partition coefficient (Wildman–Crippen LogP) is 2.21. The maximum atomic E-state index is 12.7. The van der Waals surface area contributed by atoms with E-state index >= 15 is 0 Å². The molecule has 164 valence electrons. The average molecular weight is 425 g/mol. The molecule has 0 aromatic heterocycles. The summed E-state index contributed by atoms with van der Waals surface area (Å²) in [5.74, 6) is -0.732. The Balaban J connectivity index is 1.57. The summed E-state index contributed by atoms with van der Waals surface area (Å²) in [6.45, 7) is -1.29. The number of alkyl halides is 2. The molecule has 1 aliphatic heterocycles. The van der Waals surface area contributed by atoms with Crippen molar-refractivity contribution >= 4 is 17.8 Å². The summed E-state index contributed by atoms with van der Waals surface area (Å²) in [5.41, 5.74) is -0.213. The third-order valence-corrected chi connectivity index (χ3v) is 5.57. The summed E-state index contributed by atoms with van der Waals surface area (Å²) in [6.07, 6.45) is 3.23. The van der Waals surface area contributed by atoms with Gasteiger partial charge in [-0.15, -0.1) is 0 Å². The van der Waals surface area contributed by atoms with Gasteiger partial charge in [0, 0.05) is 6.54 Å². The van der Waals surface area contributed by atoms with E-state index in [2.05, 4.69) is 15.4 Å². The number of hydrogen-bond acceptors (Lipinski definition) is 5. The normalized spacial score (nSPS) is 18.6. The first kappa shape index (κ1) is 21.8. The number of carbonyl (C=O) groups is 3. The number of halogens is 2. The summed E-state index contributed by atoms with van der Waals surface area (Å²) in [6, 6.07) is 3.10. The lowest BCUT2D eigenvalue weighted by Gasteiger charge is -2.23. The van der Waals surface area contributed by atoms with Gasteiger partial charge < -0.3 is 20.1 Å². The zero-order chi connectivity index (χ0) is 21.9. The van der Waals surface area contributed by atoms with Gasteiger partial charge in [-0.2, -0.15) is 8.78 Å². The third-order valence-electron chi connectivity index (χ3n) is 5.57. The van der Waals surface area contributed by atoms with Crippen molar-refractivity contribution in [2.24, 2.45) is 0 Å². The summed E-state index contributed by atoms with van der Waals surface area (Å²) < 4.78 is 34.5. The van der Waals surface area contributed by atoms with Crippen LogP contribution in [-0.4, -0.2) is 54.6 Å². The van der Waals surface area contributed by atoms with Crippen LogP contribution in [0.3, 0.4) is 0 Å². The molecular weight excluding hydrogens is 400 g/mol. The Labute approximate surface area is 172 Å². The molecule has 0 radical (unpaired) electrons. The minimum Gasteiger partial charge on any atom is -0.493 e. The second-order valence-electron chi connectivity index (χ2n) is 7.48. The largest absolute Gasteiger partial charge is 0.493 e. The van der Waals surface area contributed by atoms with Crippen molar-refractivity contribution in [3.8, 4) is 11.5 Å². The maximum Gasteiger partial charge on any atom is 0.387 e. The Morgan fingerprint density at radius 2 is 1.97 bits per heavy atom. The molecule has 10 heteroatoms. The first-order chi connectivity index (χ1) is 14.3. The maximum absolute atomic E-state index is 12.7. The van der Waals surface area contributed by atoms with Crippen molar-refractivity contribution in [2.45, 2.75) is 57.2 Å². The van der Waals surface area contributed by atoms with Gasteiger partial charge in [-0.25, -0.2) is 9.69 Å². The van der Waals surface area contributed by atoms with Gasteiger partial charge in [0.1, 0.15) is 11.6 Å². The number of ether oxygens (including phenoxy) is 2. The number of hydrogen-bond donors (Lipinski definition) is 2. The first-order valence-electron chi connectivity index (χ1n) is 9.82. The highest BCUT2D eigenvalue weighted by Gasteiger charge is 2.54. The van der Waals surface area contributed by atoms with Gasteiger partial charge in [-0.3, -0.25) is 9.59 Å². The highest BCUT2D eigenvalue weighted by molar-refractivity contribution is 6.09. The van der Waals surface area contributed by atoms with Crippen LogP contribution < -0.4 is 20.1 Å². The third kappa shape index (κ3) is 4.31. The molecule has 1 unspecified atom stereocenters. The van der Waals surface area contributed by atoms with Crippen LogP contribution in [0.25, 0.3) is 0 Å². The molecule has 0 bridgehead atoms. The van der Waals surface area contributed by atoms with E-state index in [1.165, 1.54) is 26.2 Å². The van der Waals surface area contributed by atoms with Crippen molar-refractivity contribution in [1.82, 2.24) is 15.5 Å². The molecule has 3 rings (SSSR count). The zero-order valence-corrected chi connectivity index (χ0v) is 16.9. The number of urea groups is 1. The van der Waals surface area contributed by atoms with E-state index in [-0.39, 0.29) is 24.0 Å². The lowest BCUT2D eigenvalue weighted by molar-refractivity contribution is -0.137. The molecular formula is C20H25F2N3O5. The number of nitrogens with zero attached hydrogens (tertiary/aromatic N) is 1. The topological polar surface area (TPSA) is 97.0 Å². The minimum absolute atomic E-state index is 0.0918. The quantitative estimate of drug-likeness (QED) is 0.623. The van der Waals surface area contributed by atoms with Gasteiger partial charge in [0.05, 0.1) is 7.11 Å². The fourth-order valence-corrected chi connectivity index (χ4v) is 3.97. The number of rotatable bonds is 8. The van der Waals surface area contributed by atoms with E-state index in [1.54, 1.807) is 6.07 Å². The van der Waals surface area contributed by atoms with Crippen molar-refractivity contribution in [3.63, 3.8) is 0 Å². The van der Waals surface area contributed by atoms with Crippen LogP contribution in [0.4, 0.5) is 13.6 Å². The second-order valence-corrected chi connectivity index (χ2v) is 7.48. The Kier molecular flexibility index (Phi) is 6.42. The summed E-state index contributed by atoms with van der Waals surface area (Å²) in [4.78, 5) is 38.5. The van der Waals surface area contributed by atoms with E-state index in [0.717, 1.165) is 17.7 Å². The molecule has 1 spiro atoms. The number of methoxy groups -OCH3 is 1. The molecule has 8 nitrogen and oxygen atoms in total. The lowest BCUT2D eigenvalue weighted by Crippen LogP contribution is -2.50. The Bertz CT molecular complexity index is 827. The Morgan fingerprint density at radius 1 is 1.27 bits per heavy atom. The summed E-state index contributed by atoms with van der Waals surface area (Å²) >= 11 is 0. The van der Waals surface area contributed by atoms with Crippen molar-refractivity contribution in [1.29, 1.82) is 0 Å². The Morgan fingerprint density at radius 3 is 2.60 bits per heavy atom.